The van der Waals surface area contributed by atoms with Crippen molar-refractivity contribution in [3.8, 4) is 0 Å². The Morgan fingerprint density at radius 2 is 2.35 bits per heavy atom. The minimum absolute atomic E-state index is 0.254. The molecule has 96 valence electrons. The van der Waals surface area contributed by atoms with Crippen molar-refractivity contribution in [2.45, 2.75) is 19.6 Å². The van der Waals surface area contributed by atoms with E-state index in [1.54, 1.807) is 13.0 Å². The number of rotatable bonds is 6. The molecule has 0 aliphatic carbocycles. The van der Waals surface area contributed by atoms with Crippen LogP contribution in [0.4, 0.5) is 0 Å². The number of hydrogen-bond acceptors (Lipinski definition) is 6. The molecule has 1 aromatic rings. The number of carbonyl (C=O) groups excluding carboxylic acids is 1. The van der Waals surface area contributed by atoms with Crippen molar-refractivity contribution in [3.63, 3.8) is 0 Å². The number of furan rings is 1. The molecule has 0 amide bonds. The lowest BCUT2D eigenvalue weighted by Crippen LogP contribution is -2.28. The highest BCUT2D eigenvalue weighted by Crippen LogP contribution is 2.15. The van der Waals surface area contributed by atoms with E-state index in [1.807, 2.05) is 0 Å². The van der Waals surface area contributed by atoms with Crippen LogP contribution in [0.3, 0.4) is 0 Å². The zero-order chi connectivity index (χ0) is 12.8. The average molecular weight is 243 g/mol. The Morgan fingerprint density at radius 3 is 2.94 bits per heavy atom. The summed E-state index contributed by atoms with van der Waals surface area (Å²) in [7, 11) is 1.31. The predicted octanol–water partition coefficient (Wildman–Crippen LogP) is -0.183. The Balaban J connectivity index is 2.53. The van der Waals surface area contributed by atoms with E-state index < -0.39 is 12.1 Å². The van der Waals surface area contributed by atoms with Crippen LogP contribution < -0.4 is 5.32 Å². The molecule has 1 rings (SSSR count). The largest absolute Gasteiger partial charge is 0.465 e. The van der Waals surface area contributed by atoms with Gasteiger partial charge in [0.2, 0.25) is 0 Å². The van der Waals surface area contributed by atoms with Crippen molar-refractivity contribution in [1.29, 1.82) is 0 Å². The van der Waals surface area contributed by atoms with Crippen LogP contribution in [0.1, 0.15) is 21.9 Å². The van der Waals surface area contributed by atoms with Gasteiger partial charge in [-0.25, -0.2) is 4.79 Å². The first-order valence-corrected chi connectivity index (χ1v) is 5.25. The topological polar surface area (TPSA) is 91.9 Å². The van der Waals surface area contributed by atoms with Crippen LogP contribution in [-0.2, 0) is 11.3 Å². The van der Waals surface area contributed by atoms with Gasteiger partial charge in [-0.15, -0.1) is 0 Å². The number of nitrogens with one attached hydrogen (secondary N) is 1. The van der Waals surface area contributed by atoms with E-state index in [0.29, 0.717) is 23.6 Å². The second-order valence-electron chi connectivity index (χ2n) is 3.64. The van der Waals surface area contributed by atoms with Crippen molar-refractivity contribution in [2.75, 3.05) is 20.3 Å². The first kappa shape index (κ1) is 13.7. The summed E-state index contributed by atoms with van der Waals surface area (Å²) in [5.41, 5.74) is 0.395. The molecular formula is C11H17NO5. The summed E-state index contributed by atoms with van der Waals surface area (Å²) < 4.78 is 9.94. The zero-order valence-corrected chi connectivity index (χ0v) is 9.90. The minimum Gasteiger partial charge on any atom is -0.465 e. The van der Waals surface area contributed by atoms with Gasteiger partial charge < -0.3 is 24.7 Å². The van der Waals surface area contributed by atoms with Crippen LogP contribution in [0.15, 0.2) is 10.5 Å². The summed E-state index contributed by atoms with van der Waals surface area (Å²) >= 11 is 0. The summed E-state index contributed by atoms with van der Waals surface area (Å²) in [6.07, 6.45) is -0.800. The number of carbonyl (C=O) groups is 1. The van der Waals surface area contributed by atoms with E-state index in [4.69, 9.17) is 14.6 Å². The zero-order valence-electron chi connectivity index (χ0n) is 9.90. The Labute approximate surface area is 99.2 Å². The molecule has 1 unspecified atom stereocenters. The lowest BCUT2D eigenvalue weighted by molar-refractivity contribution is 0.0599. The van der Waals surface area contributed by atoms with Crippen LogP contribution in [-0.4, -0.2) is 42.5 Å². The van der Waals surface area contributed by atoms with Gasteiger partial charge in [0.25, 0.3) is 0 Å². The Morgan fingerprint density at radius 1 is 1.65 bits per heavy atom. The van der Waals surface area contributed by atoms with Gasteiger partial charge >= 0.3 is 5.97 Å². The number of aliphatic hydroxyl groups is 2. The number of methoxy groups -OCH3 is 1. The van der Waals surface area contributed by atoms with Gasteiger partial charge in [0, 0.05) is 6.54 Å². The van der Waals surface area contributed by atoms with Crippen molar-refractivity contribution < 1.29 is 24.2 Å². The van der Waals surface area contributed by atoms with Crippen LogP contribution >= 0.6 is 0 Å². The van der Waals surface area contributed by atoms with Crippen molar-refractivity contribution in [2.24, 2.45) is 0 Å². The molecule has 0 radical (unpaired) electrons. The highest BCUT2D eigenvalue weighted by molar-refractivity contribution is 5.90. The first-order valence-electron chi connectivity index (χ1n) is 5.25. The van der Waals surface area contributed by atoms with Gasteiger partial charge in [0.15, 0.2) is 0 Å². The molecule has 0 aliphatic rings. The molecule has 17 heavy (non-hydrogen) atoms. The van der Waals surface area contributed by atoms with Crippen molar-refractivity contribution in [3.05, 3.63) is 23.2 Å². The highest BCUT2D eigenvalue weighted by atomic mass is 16.5. The molecule has 1 aromatic heterocycles. The molecular weight excluding hydrogens is 226 g/mol. The fraction of sp³-hybridized carbons (Fsp3) is 0.545. The third kappa shape index (κ3) is 3.85. The molecule has 6 heteroatoms. The van der Waals surface area contributed by atoms with Crippen LogP contribution in [0, 0.1) is 6.92 Å². The van der Waals surface area contributed by atoms with E-state index in [2.05, 4.69) is 10.1 Å². The number of ether oxygens (including phenoxy) is 1. The van der Waals surface area contributed by atoms with E-state index in [9.17, 15) is 4.79 Å². The monoisotopic (exact) mass is 243 g/mol. The fourth-order valence-corrected chi connectivity index (χ4v) is 1.37. The van der Waals surface area contributed by atoms with Gasteiger partial charge in [0.1, 0.15) is 17.1 Å². The second kappa shape index (κ2) is 6.39. The molecule has 0 bridgehead atoms. The summed E-state index contributed by atoms with van der Waals surface area (Å²) in [6.45, 7) is 2.01. The second-order valence-corrected chi connectivity index (χ2v) is 3.64. The lowest BCUT2D eigenvalue weighted by atomic mass is 10.2. The van der Waals surface area contributed by atoms with Crippen LogP contribution in [0.5, 0.6) is 0 Å². The summed E-state index contributed by atoms with van der Waals surface area (Å²) in [5, 5.41) is 20.6. The maximum absolute atomic E-state index is 11.3. The van der Waals surface area contributed by atoms with E-state index in [1.165, 1.54) is 7.11 Å². The molecule has 0 saturated heterocycles. The van der Waals surface area contributed by atoms with Gasteiger partial charge in [-0.2, -0.15) is 0 Å². The SMILES string of the molecule is COC(=O)c1cc(CNCC(O)CO)oc1C. The van der Waals surface area contributed by atoms with E-state index >= 15 is 0 Å². The molecule has 0 fully saturated rings. The molecule has 0 spiro atoms. The van der Waals surface area contributed by atoms with E-state index in [-0.39, 0.29) is 13.2 Å². The summed E-state index contributed by atoms with van der Waals surface area (Å²) in [6, 6.07) is 1.60. The van der Waals surface area contributed by atoms with Gasteiger partial charge in [0.05, 0.1) is 26.4 Å². The Bertz CT molecular complexity index is 374. The molecule has 0 saturated carbocycles. The first-order chi connectivity index (χ1) is 8.08. The predicted molar refractivity (Wildman–Crippen MR) is 59.6 cm³/mol. The molecule has 0 aliphatic heterocycles. The Kier molecular flexibility index (Phi) is 5.14. The molecule has 6 nitrogen and oxygen atoms in total. The third-order valence-corrected chi connectivity index (χ3v) is 2.26. The lowest BCUT2D eigenvalue weighted by Gasteiger charge is -2.06. The average Bonchev–Trinajstić information content (AvgIpc) is 2.69. The highest BCUT2D eigenvalue weighted by Gasteiger charge is 2.15. The van der Waals surface area contributed by atoms with Gasteiger partial charge in [-0.05, 0) is 13.0 Å². The standard InChI is InChI=1S/C11H17NO5/c1-7-10(11(15)16-2)3-9(17-7)5-12-4-8(14)6-13/h3,8,12-14H,4-6H2,1-2H3. The van der Waals surface area contributed by atoms with Gasteiger partial charge in [-0.1, -0.05) is 0 Å². The van der Waals surface area contributed by atoms with Crippen LogP contribution in [0.25, 0.3) is 0 Å². The van der Waals surface area contributed by atoms with Gasteiger partial charge in [-0.3, -0.25) is 0 Å². The number of aryl methyl sites for hydroxylation is 1. The molecule has 3 N–H and O–H groups in total. The molecule has 0 aromatic carbocycles. The summed E-state index contributed by atoms with van der Waals surface area (Å²) in [5.74, 6) is 0.636. The number of aliphatic hydroxyl groups excluding tert-OH is 2. The van der Waals surface area contributed by atoms with E-state index in [0.717, 1.165) is 0 Å². The Hall–Kier alpha value is -1.37. The quantitative estimate of drug-likeness (QED) is 0.600. The minimum atomic E-state index is -0.800. The maximum atomic E-state index is 11.3. The number of hydrogen-bond donors (Lipinski definition) is 3. The third-order valence-electron chi connectivity index (χ3n) is 2.26. The molecule has 1 heterocycles. The summed E-state index contributed by atoms with van der Waals surface area (Å²) in [4.78, 5) is 11.3. The molecule has 1 atom stereocenters. The van der Waals surface area contributed by atoms with Crippen molar-refractivity contribution in [1.82, 2.24) is 5.32 Å². The smallest absolute Gasteiger partial charge is 0.341 e. The fourth-order valence-electron chi connectivity index (χ4n) is 1.37. The number of esters is 1. The maximum Gasteiger partial charge on any atom is 0.341 e. The van der Waals surface area contributed by atoms with Crippen LogP contribution in [0.2, 0.25) is 0 Å². The normalized spacial score (nSPS) is 12.5. The van der Waals surface area contributed by atoms with Crippen molar-refractivity contribution >= 4 is 5.97 Å².